The normalized spacial score (nSPS) is 10.2. The van der Waals surface area contributed by atoms with E-state index in [2.05, 4.69) is 60.9 Å². The van der Waals surface area contributed by atoms with E-state index in [4.69, 9.17) is 0 Å². The number of hydrogen-bond donors (Lipinski definition) is 0. The van der Waals surface area contributed by atoms with Crippen molar-refractivity contribution in [2.45, 2.75) is 4.90 Å². The molecular formula is C13H12SSe. The summed E-state index contributed by atoms with van der Waals surface area (Å²) in [5, 5.41) is 0. The molecule has 0 saturated carbocycles. The molecule has 0 N–H and O–H groups in total. The second-order valence-corrected chi connectivity index (χ2v) is 6.38. The first-order valence-corrected chi connectivity index (χ1v) is 7.69. The molecule has 0 heterocycles. The fourth-order valence-corrected chi connectivity index (χ4v) is 3.43. The molecule has 0 aliphatic carbocycles. The van der Waals surface area contributed by atoms with Gasteiger partial charge >= 0.3 is 101 Å². The summed E-state index contributed by atoms with van der Waals surface area (Å²) in [7, 11) is 0. The first kappa shape index (κ1) is 10.8. The Kier molecular flexibility index (Phi) is 3.90. The molecule has 0 spiro atoms. The van der Waals surface area contributed by atoms with Gasteiger partial charge in [-0.05, 0) is 0 Å². The maximum absolute atomic E-state index is 2.23. The van der Waals surface area contributed by atoms with Crippen LogP contribution in [0.2, 0.25) is 0 Å². The van der Waals surface area contributed by atoms with Crippen LogP contribution in [0.4, 0.5) is 0 Å². The predicted molar refractivity (Wildman–Crippen MR) is 69.7 cm³/mol. The Morgan fingerprint density at radius 1 is 0.800 bits per heavy atom. The van der Waals surface area contributed by atoms with Crippen molar-refractivity contribution in [2.75, 3.05) is 6.26 Å². The fraction of sp³-hybridized carbons (Fsp3) is 0.0769. The van der Waals surface area contributed by atoms with Crippen molar-refractivity contribution in [3.63, 3.8) is 0 Å². The van der Waals surface area contributed by atoms with Crippen LogP contribution in [-0.4, -0.2) is 21.2 Å². The molecule has 0 unspecified atom stereocenters. The SMILES string of the molecule is CSc1ccc([Se]c2ccccc2)cc1. The maximum atomic E-state index is 2.23. The summed E-state index contributed by atoms with van der Waals surface area (Å²) >= 11 is 2.23. The Bertz CT molecular complexity index is 408. The zero-order valence-electron chi connectivity index (χ0n) is 8.51. The molecule has 0 aliphatic heterocycles. The van der Waals surface area contributed by atoms with E-state index in [1.165, 1.54) is 13.8 Å². The number of benzene rings is 2. The van der Waals surface area contributed by atoms with Crippen LogP contribution in [0, 0.1) is 0 Å². The zero-order valence-corrected chi connectivity index (χ0v) is 11.0. The summed E-state index contributed by atoms with van der Waals surface area (Å²) in [5.74, 6) is 0. The van der Waals surface area contributed by atoms with E-state index in [0.717, 1.165) is 0 Å². The van der Waals surface area contributed by atoms with Crippen molar-refractivity contribution < 1.29 is 0 Å². The van der Waals surface area contributed by atoms with Crippen LogP contribution in [0.5, 0.6) is 0 Å². The minimum atomic E-state index is 0.443. The van der Waals surface area contributed by atoms with Gasteiger partial charge in [0.2, 0.25) is 0 Å². The van der Waals surface area contributed by atoms with Gasteiger partial charge in [-0.1, -0.05) is 0 Å². The number of rotatable bonds is 3. The van der Waals surface area contributed by atoms with Gasteiger partial charge < -0.3 is 0 Å². The molecule has 0 radical (unpaired) electrons. The minimum absolute atomic E-state index is 0.443. The Labute approximate surface area is 101 Å². The fourth-order valence-electron chi connectivity index (χ4n) is 1.27. The quantitative estimate of drug-likeness (QED) is 0.612. The third-order valence-corrected chi connectivity index (χ3v) is 4.91. The van der Waals surface area contributed by atoms with Gasteiger partial charge in [0.1, 0.15) is 0 Å². The summed E-state index contributed by atoms with van der Waals surface area (Å²) < 4.78 is 2.87. The molecule has 2 rings (SSSR count). The molecule has 0 fully saturated rings. The summed E-state index contributed by atoms with van der Waals surface area (Å²) in [5.41, 5.74) is 0. The Morgan fingerprint density at radius 2 is 1.40 bits per heavy atom. The van der Waals surface area contributed by atoms with E-state index in [1.54, 1.807) is 11.8 Å². The Morgan fingerprint density at radius 3 is 2.00 bits per heavy atom. The van der Waals surface area contributed by atoms with E-state index in [1.807, 2.05) is 0 Å². The standard InChI is InChI=1S/C13H12SSe/c1-14-11-7-9-13(10-8-11)15-12-5-3-2-4-6-12/h2-10H,1H3. The van der Waals surface area contributed by atoms with Crippen LogP contribution in [-0.2, 0) is 0 Å². The molecule has 0 aromatic heterocycles. The third-order valence-electron chi connectivity index (χ3n) is 2.04. The Balaban J connectivity index is 2.11. The summed E-state index contributed by atoms with van der Waals surface area (Å²) in [4.78, 5) is 1.34. The van der Waals surface area contributed by atoms with Crippen LogP contribution < -0.4 is 8.92 Å². The van der Waals surface area contributed by atoms with E-state index in [-0.39, 0.29) is 0 Å². The second kappa shape index (κ2) is 5.41. The average molecular weight is 279 g/mol. The molecule has 0 atom stereocenters. The van der Waals surface area contributed by atoms with Gasteiger partial charge in [0.25, 0.3) is 0 Å². The first-order valence-electron chi connectivity index (χ1n) is 4.75. The monoisotopic (exact) mass is 280 g/mol. The van der Waals surface area contributed by atoms with Gasteiger partial charge in [-0.3, -0.25) is 0 Å². The van der Waals surface area contributed by atoms with Gasteiger partial charge in [0.05, 0.1) is 0 Å². The van der Waals surface area contributed by atoms with E-state index >= 15 is 0 Å². The van der Waals surface area contributed by atoms with Crippen molar-refractivity contribution in [3.05, 3.63) is 54.6 Å². The van der Waals surface area contributed by atoms with Crippen LogP contribution in [0.15, 0.2) is 59.5 Å². The summed E-state index contributed by atoms with van der Waals surface area (Å²) in [6, 6.07) is 19.5. The molecule has 76 valence electrons. The third kappa shape index (κ3) is 3.13. The Hall–Kier alpha value is -0.691. The summed E-state index contributed by atoms with van der Waals surface area (Å²) in [6.45, 7) is 0. The number of hydrogen-bond acceptors (Lipinski definition) is 1. The molecule has 0 amide bonds. The van der Waals surface area contributed by atoms with Crippen LogP contribution in [0.25, 0.3) is 0 Å². The molecule has 2 aromatic carbocycles. The van der Waals surface area contributed by atoms with Gasteiger partial charge in [0, 0.05) is 0 Å². The molecule has 15 heavy (non-hydrogen) atoms. The van der Waals surface area contributed by atoms with Crippen LogP contribution in [0.3, 0.4) is 0 Å². The predicted octanol–water partition coefficient (Wildman–Crippen LogP) is 2.06. The topological polar surface area (TPSA) is 0 Å². The molecule has 0 nitrogen and oxygen atoms in total. The molecule has 2 heteroatoms. The van der Waals surface area contributed by atoms with E-state index in [0.29, 0.717) is 15.0 Å². The van der Waals surface area contributed by atoms with Crippen molar-refractivity contribution in [1.29, 1.82) is 0 Å². The zero-order chi connectivity index (χ0) is 10.5. The van der Waals surface area contributed by atoms with Crippen molar-refractivity contribution in [1.82, 2.24) is 0 Å². The van der Waals surface area contributed by atoms with Gasteiger partial charge in [0.15, 0.2) is 0 Å². The molecular weight excluding hydrogens is 267 g/mol. The molecule has 0 aliphatic rings. The number of thioether (sulfide) groups is 1. The first-order chi connectivity index (χ1) is 7.38. The van der Waals surface area contributed by atoms with Gasteiger partial charge in [-0.15, -0.1) is 0 Å². The van der Waals surface area contributed by atoms with Gasteiger partial charge in [-0.25, -0.2) is 0 Å². The average Bonchev–Trinajstić information content (AvgIpc) is 2.31. The van der Waals surface area contributed by atoms with Crippen molar-refractivity contribution >= 4 is 35.6 Å². The second-order valence-electron chi connectivity index (χ2n) is 3.09. The summed E-state index contributed by atoms with van der Waals surface area (Å²) in [6.07, 6.45) is 2.11. The van der Waals surface area contributed by atoms with Crippen molar-refractivity contribution in [3.8, 4) is 0 Å². The van der Waals surface area contributed by atoms with Gasteiger partial charge in [-0.2, -0.15) is 0 Å². The molecule has 0 saturated heterocycles. The van der Waals surface area contributed by atoms with E-state index in [9.17, 15) is 0 Å². The van der Waals surface area contributed by atoms with Crippen LogP contribution >= 0.6 is 11.8 Å². The molecule has 0 bridgehead atoms. The van der Waals surface area contributed by atoms with Crippen LogP contribution in [0.1, 0.15) is 0 Å². The van der Waals surface area contributed by atoms with E-state index < -0.39 is 0 Å². The molecule has 2 aromatic rings. The van der Waals surface area contributed by atoms with Crippen molar-refractivity contribution in [2.24, 2.45) is 0 Å².